The van der Waals surface area contributed by atoms with Gasteiger partial charge in [-0.3, -0.25) is 9.59 Å². The maximum atomic E-state index is 11.7. The van der Waals surface area contributed by atoms with E-state index < -0.39 is 78.4 Å². The Hall–Kier alpha value is -2.32. The fourth-order valence-electron chi connectivity index (χ4n) is 12.6. The van der Waals surface area contributed by atoms with E-state index in [9.17, 15) is 30.0 Å². The molecule has 7 fully saturated rings. The summed E-state index contributed by atoms with van der Waals surface area (Å²) in [6, 6.07) is 0. The minimum absolute atomic E-state index is 0.139. The molecule has 0 bridgehead atoms. The average molecular weight is 917 g/mol. The third-order valence-corrected chi connectivity index (χ3v) is 16.1. The smallest absolute Gasteiger partial charge is 0.306 e. The van der Waals surface area contributed by atoms with Crippen molar-refractivity contribution in [3.8, 4) is 0 Å². The molecule has 9 aliphatic rings. The van der Waals surface area contributed by atoms with E-state index in [0.717, 1.165) is 25.7 Å². The number of ether oxygens (including phenoxy) is 9. The second-order valence-electron chi connectivity index (χ2n) is 21.2. The van der Waals surface area contributed by atoms with E-state index in [1.54, 1.807) is 0 Å². The van der Waals surface area contributed by atoms with Crippen LogP contribution in [0.1, 0.15) is 124 Å². The molecule has 9 rings (SSSR count). The normalized spacial score (nSPS) is 49.2. The summed E-state index contributed by atoms with van der Waals surface area (Å²) in [4.78, 5) is 22.9. The molecule has 9 heterocycles. The first-order valence-corrected chi connectivity index (χ1v) is 24.4. The molecule has 5 N–H and O–H groups in total. The number of rotatable bonds is 7. The molecule has 0 aliphatic carbocycles. The van der Waals surface area contributed by atoms with Gasteiger partial charge in [-0.05, 0) is 89.5 Å². The van der Waals surface area contributed by atoms with Crippen LogP contribution in [0.4, 0.5) is 0 Å². The summed E-state index contributed by atoms with van der Waals surface area (Å²) in [5.74, 6) is -1.98. The zero-order valence-corrected chi connectivity index (χ0v) is 38.1. The highest BCUT2D eigenvalue weighted by molar-refractivity contribution is 5.68. The van der Waals surface area contributed by atoms with Crippen molar-refractivity contribution in [2.24, 2.45) is 5.92 Å². The lowest BCUT2D eigenvalue weighted by Crippen LogP contribution is -2.64. The van der Waals surface area contributed by atoms with Crippen LogP contribution in [-0.4, -0.2) is 165 Å². The fourth-order valence-corrected chi connectivity index (χ4v) is 12.6. The Kier molecular flexibility index (Phi) is 14.4. The molecule has 0 amide bonds. The van der Waals surface area contributed by atoms with E-state index >= 15 is 0 Å². The van der Waals surface area contributed by atoms with Crippen LogP contribution in [-0.2, 0) is 52.2 Å². The second-order valence-corrected chi connectivity index (χ2v) is 21.2. The van der Waals surface area contributed by atoms with E-state index in [1.165, 1.54) is 0 Å². The predicted molar refractivity (Wildman–Crippen MR) is 231 cm³/mol. The molecule has 16 nitrogen and oxygen atoms in total. The molecule has 0 aromatic carbocycles. The van der Waals surface area contributed by atoms with Crippen molar-refractivity contribution in [2.75, 3.05) is 0 Å². The third kappa shape index (κ3) is 10.5. The summed E-state index contributed by atoms with van der Waals surface area (Å²) in [5.41, 5.74) is -0.922. The molecule has 22 unspecified atom stereocenters. The summed E-state index contributed by atoms with van der Waals surface area (Å²) < 4.78 is 61.5. The van der Waals surface area contributed by atoms with Crippen molar-refractivity contribution in [3.05, 3.63) is 36.5 Å². The van der Waals surface area contributed by atoms with Crippen LogP contribution in [0.3, 0.4) is 0 Å². The highest BCUT2D eigenvalue weighted by Gasteiger charge is 2.58. The van der Waals surface area contributed by atoms with E-state index in [-0.39, 0.29) is 92.3 Å². The molecule has 9 aliphatic heterocycles. The molecule has 364 valence electrons. The van der Waals surface area contributed by atoms with E-state index in [4.69, 9.17) is 47.7 Å². The molecule has 16 heteroatoms. The Balaban J connectivity index is 0.848. The number of aliphatic hydroxyl groups is 3. The van der Waals surface area contributed by atoms with E-state index in [1.807, 2.05) is 0 Å². The molecule has 0 spiro atoms. The largest absolute Gasteiger partial charge is 0.481 e. The van der Waals surface area contributed by atoms with Gasteiger partial charge in [0.15, 0.2) is 0 Å². The van der Waals surface area contributed by atoms with E-state index in [2.05, 4.69) is 51.7 Å². The minimum atomic E-state index is -1.19. The lowest BCUT2D eigenvalue weighted by Gasteiger charge is -2.54. The molecule has 0 radical (unpaired) electrons. The molecular formula is C49H72O16. The van der Waals surface area contributed by atoms with Gasteiger partial charge in [-0.2, -0.15) is 0 Å². The number of aliphatic hydroxyl groups excluding tert-OH is 3. The van der Waals surface area contributed by atoms with Gasteiger partial charge in [0.1, 0.15) is 12.2 Å². The Morgan fingerprint density at radius 1 is 0.646 bits per heavy atom. The van der Waals surface area contributed by atoms with Gasteiger partial charge in [-0.25, -0.2) is 0 Å². The van der Waals surface area contributed by atoms with Crippen LogP contribution in [0.5, 0.6) is 0 Å². The van der Waals surface area contributed by atoms with Gasteiger partial charge in [-0.15, -0.1) is 0 Å². The van der Waals surface area contributed by atoms with Crippen LogP contribution in [0.2, 0.25) is 0 Å². The number of carboxylic acid groups (broad SMARTS) is 2. The minimum Gasteiger partial charge on any atom is -0.481 e. The SMILES string of the molecule is C=C(CC1CC(O)C2OC3CC4(C)OC5CCC6OC7CC=CC8OC9CC(C)CC(O)C(CC(=O)O)OC9CC8OC7CC=CCC6OC5(C)CCC4OC3CC2O1)C(O)CC(=O)O. The quantitative estimate of drug-likeness (QED) is 0.223. The summed E-state index contributed by atoms with van der Waals surface area (Å²) in [7, 11) is 0. The number of fused-ring (bicyclic) bond motifs is 8. The zero-order chi connectivity index (χ0) is 45.8. The summed E-state index contributed by atoms with van der Waals surface area (Å²) in [5, 5.41) is 51.2. The second kappa shape index (κ2) is 19.6. The van der Waals surface area contributed by atoms with Gasteiger partial charge >= 0.3 is 11.9 Å². The van der Waals surface area contributed by atoms with Gasteiger partial charge in [0, 0.05) is 25.7 Å². The van der Waals surface area contributed by atoms with E-state index in [0.29, 0.717) is 56.9 Å². The molecule has 22 atom stereocenters. The first-order chi connectivity index (χ1) is 31.0. The molecular weight excluding hydrogens is 845 g/mol. The Labute approximate surface area is 381 Å². The fraction of sp³-hybridized carbons (Fsp3) is 0.837. The first-order valence-electron chi connectivity index (χ1n) is 24.4. The third-order valence-electron chi connectivity index (χ3n) is 16.1. The van der Waals surface area contributed by atoms with Crippen LogP contribution >= 0.6 is 0 Å². The summed E-state index contributed by atoms with van der Waals surface area (Å²) in [6.45, 7) is 10.3. The number of carbonyl (C=O) groups is 2. The van der Waals surface area contributed by atoms with Crippen molar-refractivity contribution in [1.29, 1.82) is 0 Å². The molecule has 65 heavy (non-hydrogen) atoms. The molecule has 0 aromatic heterocycles. The number of hydrogen-bond donors (Lipinski definition) is 5. The van der Waals surface area contributed by atoms with Gasteiger partial charge in [0.25, 0.3) is 0 Å². The number of hydrogen-bond acceptors (Lipinski definition) is 14. The molecule has 7 saturated heterocycles. The topological polar surface area (TPSA) is 218 Å². The van der Waals surface area contributed by atoms with Gasteiger partial charge < -0.3 is 68.2 Å². The van der Waals surface area contributed by atoms with Crippen molar-refractivity contribution in [3.63, 3.8) is 0 Å². The summed E-state index contributed by atoms with van der Waals surface area (Å²) >= 11 is 0. The number of aliphatic carboxylic acids is 2. The van der Waals surface area contributed by atoms with Crippen molar-refractivity contribution < 1.29 is 77.8 Å². The lowest BCUT2D eigenvalue weighted by molar-refractivity contribution is -0.311. The monoisotopic (exact) mass is 916 g/mol. The zero-order valence-electron chi connectivity index (χ0n) is 38.1. The molecule has 0 saturated carbocycles. The van der Waals surface area contributed by atoms with Crippen LogP contribution in [0.25, 0.3) is 0 Å². The van der Waals surface area contributed by atoms with Gasteiger partial charge in [0.2, 0.25) is 0 Å². The maximum absolute atomic E-state index is 11.7. The Morgan fingerprint density at radius 2 is 1.35 bits per heavy atom. The van der Waals surface area contributed by atoms with Crippen LogP contribution in [0.15, 0.2) is 36.5 Å². The number of carboxylic acids is 2. The van der Waals surface area contributed by atoms with Crippen molar-refractivity contribution >= 4 is 11.9 Å². The maximum Gasteiger partial charge on any atom is 0.306 e. The first kappa shape index (κ1) is 47.7. The van der Waals surface area contributed by atoms with Crippen LogP contribution < -0.4 is 0 Å². The van der Waals surface area contributed by atoms with Crippen molar-refractivity contribution in [2.45, 2.75) is 251 Å². The Bertz CT molecular complexity index is 1770. The highest BCUT2D eigenvalue weighted by Crippen LogP contribution is 2.50. The van der Waals surface area contributed by atoms with Crippen LogP contribution in [0, 0.1) is 5.92 Å². The van der Waals surface area contributed by atoms with Gasteiger partial charge in [-0.1, -0.05) is 37.8 Å². The average Bonchev–Trinajstić information content (AvgIpc) is 3.37. The Morgan fingerprint density at radius 3 is 2.12 bits per heavy atom. The van der Waals surface area contributed by atoms with Crippen molar-refractivity contribution in [1.82, 2.24) is 0 Å². The lowest BCUT2D eigenvalue weighted by atomic mass is 9.80. The molecule has 0 aromatic rings. The highest BCUT2D eigenvalue weighted by atomic mass is 16.6. The standard InChI is InChI=1S/C49H72O16/c1-25-16-29(51)36(23-46(55)56)61-39-21-38-33(60-37(39)17-25)11-7-10-32-31(59-38)8-5-6-9-35-34(58-32)12-13-44-48(3,64-35)15-14-43-49(4,65-44)24-42-40(62-43)22-41-47(63-42)30(52)19-27(57-41)18-26(2)28(50)20-45(53)54/h5-7,11,25,27-44,47,50-52H,2,8-10,12-24H2,1,3-4H3,(H,53,54)(H,55,56). The van der Waals surface area contributed by atoms with Gasteiger partial charge in [0.05, 0.1) is 128 Å². The predicted octanol–water partition coefficient (Wildman–Crippen LogP) is 4.47. The summed E-state index contributed by atoms with van der Waals surface area (Å²) in [6.07, 6.45) is 7.70.